The minimum Gasteiger partial charge on any atom is -0.444 e. The largest absolute Gasteiger partial charge is 0.471 e. The van der Waals surface area contributed by atoms with E-state index in [0.717, 1.165) is 32.2 Å². The van der Waals surface area contributed by atoms with E-state index in [2.05, 4.69) is 16.9 Å². The maximum atomic E-state index is 12.9. The van der Waals surface area contributed by atoms with Crippen molar-refractivity contribution in [3.05, 3.63) is 23.9 Å². The summed E-state index contributed by atoms with van der Waals surface area (Å²) < 4.78 is 46.1. The Morgan fingerprint density at radius 3 is 2.20 bits per heavy atom. The molecule has 2 amide bonds. The van der Waals surface area contributed by atoms with Gasteiger partial charge in [0.05, 0.1) is 17.2 Å². The topological polar surface area (TPSA) is 99.9 Å². The maximum absolute atomic E-state index is 12.9. The molecule has 1 saturated carbocycles. The van der Waals surface area contributed by atoms with E-state index in [1.165, 1.54) is 26.0 Å². The molecule has 2 heterocycles. The van der Waals surface area contributed by atoms with Crippen LogP contribution in [0.1, 0.15) is 78.8 Å². The second kappa shape index (κ2) is 10.8. The zero-order valence-corrected chi connectivity index (χ0v) is 24.0. The molecular weight excluding hydrogens is 527 g/mol. The van der Waals surface area contributed by atoms with Gasteiger partial charge >= 0.3 is 18.2 Å². The fraction of sp³-hybridized carbons (Fsp3) is 0.679. The lowest BCUT2D eigenvalue weighted by atomic mass is 9.89. The Balaban J connectivity index is 1.43. The van der Waals surface area contributed by atoms with Crippen molar-refractivity contribution in [2.75, 3.05) is 25.0 Å². The number of alkyl halides is 3. The smallest absolute Gasteiger partial charge is 0.444 e. The molecule has 2 fully saturated rings. The van der Waals surface area contributed by atoms with Crippen LogP contribution in [0.2, 0.25) is 0 Å². The molecule has 2 aromatic rings. The quantitative estimate of drug-likeness (QED) is 0.528. The molecule has 1 aromatic heterocycles. The van der Waals surface area contributed by atoms with Crippen LogP contribution >= 0.6 is 0 Å². The van der Waals surface area contributed by atoms with Crippen molar-refractivity contribution in [2.24, 2.45) is 0 Å². The summed E-state index contributed by atoms with van der Waals surface area (Å²) in [6.45, 7) is 12.7. The van der Waals surface area contributed by atoms with Gasteiger partial charge in [-0.25, -0.2) is 4.79 Å². The molecular formula is C28H40F3N5O4. The number of aliphatic hydroxyl groups is 1. The van der Waals surface area contributed by atoms with Gasteiger partial charge in [0.2, 0.25) is 0 Å². The number of benzene rings is 1. The number of carbonyl (C=O) groups excluding carboxylic acids is 2. The number of anilines is 1. The number of nitrogens with one attached hydrogen (secondary N) is 1. The van der Waals surface area contributed by atoms with Crippen LogP contribution in [0.5, 0.6) is 0 Å². The Labute approximate surface area is 232 Å². The van der Waals surface area contributed by atoms with Crippen molar-refractivity contribution >= 4 is 28.6 Å². The summed E-state index contributed by atoms with van der Waals surface area (Å²) in [6.07, 6.45) is 0.150. The van der Waals surface area contributed by atoms with Crippen LogP contribution in [0, 0.1) is 0 Å². The number of hydrogen-bond donors (Lipinski definition) is 2. The molecule has 2 aliphatic rings. The number of fused-ring (bicyclic) bond motifs is 1. The van der Waals surface area contributed by atoms with Crippen LogP contribution in [-0.2, 0) is 15.1 Å². The summed E-state index contributed by atoms with van der Waals surface area (Å²) in [6, 6.07) is 3.70. The van der Waals surface area contributed by atoms with Crippen LogP contribution < -0.4 is 5.32 Å². The average Bonchev–Trinajstić information content (AvgIpc) is 3.24. The highest BCUT2D eigenvalue weighted by molar-refractivity contribution is 5.98. The zero-order chi connectivity index (χ0) is 29.6. The molecule has 1 atom stereocenters. The lowest BCUT2D eigenvalue weighted by Crippen LogP contribution is -2.57. The Hall–Kier alpha value is -2.86. The van der Waals surface area contributed by atoms with E-state index in [4.69, 9.17) is 4.74 Å². The molecule has 1 aromatic carbocycles. The normalized spacial score (nSPS) is 23.4. The second-order valence-electron chi connectivity index (χ2n) is 12.6. The van der Waals surface area contributed by atoms with E-state index >= 15 is 0 Å². The number of rotatable bonds is 4. The highest BCUT2D eigenvalue weighted by Crippen LogP contribution is 2.36. The van der Waals surface area contributed by atoms with Crippen molar-refractivity contribution in [2.45, 2.75) is 103 Å². The Kier molecular flexibility index (Phi) is 8.16. The van der Waals surface area contributed by atoms with Gasteiger partial charge in [0.1, 0.15) is 5.60 Å². The summed E-state index contributed by atoms with van der Waals surface area (Å²) in [5.74, 6) is -2.09. The van der Waals surface area contributed by atoms with Gasteiger partial charge in [-0.2, -0.15) is 18.3 Å². The van der Waals surface area contributed by atoms with Crippen LogP contribution in [0.4, 0.5) is 23.7 Å². The fourth-order valence-electron chi connectivity index (χ4n) is 5.74. The van der Waals surface area contributed by atoms with Gasteiger partial charge in [-0.15, -0.1) is 0 Å². The molecule has 4 rings (SSSR count). The van der Waals surface area contributed by atoms with E-state index in [1.54, 1.807) is 11.1 Å². The van der Waals surface area contributed by atoms with Gasteiger partial charge in [-0.05, 0) is 79.4 Å². The van der Waals surface area contributed by atoms with Crippen LogP contribution in [0.25, 0.3) is 10.9 Å². The molecule has 1 saturated heterocycles. The summed E-state index contributed by atoms with van der Waals surface area (Å²) in [5, 5.41) is 17.7. The Bertz CT molecular complexity index is 1240. The van der Waals surface area contributed by atoms with Crippen molar-refractivity contribution in [3.63, 3.8) is 0 Å². The van der Waals surface area contributed by atoms with Crippen molar-refractivity contribution in [1.82, 2.24) is 19.6 Å². The standard InChI is InChI=1S/C28H40F3N5O4/c1-17-15-34(25(38)40-26(2,3)4)11-12-35(17)19-7-9-20(10-8-19)36-16-18-13-23(32-24(37)28(29,30)31)21(27(5,6)39)14-22(18)33-36/h13-14,16-17,19-20,39H,7-12,15H2,1-6H3,(H,32,37)/t17-,19?,20?/m0/s1. The third kappa shape index (κ3) is 6.88. The molecule has 0 radical (unpaired) electrons. The number of halogens is 3. The zero-order valence-electron chi connectivity index (χ0n) is 24.0. The van der Waals surface area contributed by atoms with E-state index in [0.29, 0.717) is 30.0 Å². The number of hydrogen-bond acceptors (Lipinski definition) is 6. The van der Waals surface area contributed by atoms with Gasteiger partial charge in [0.25, 0.3) is 0 Å². The van der Waals surface area contributed by atoms with Crippen molar-refractivity contribution in [3.8, 4) is 0 Å². The molecule has 2 N–H and O–H groups in total. The molecule has 0 bridgehead atoms. The number of piperazine rings is 1. The number of nitrogens with zero attached hydrogens (tertiary/aromatic N) is 4. The average molecular weight is 568 g/mol. The molecule has 1 aliphatic carbocycles. The molecule has 40 heavy (non-hydrogen) atoms. The minimum absolute atomic E-state index is 0.0925. The first-order chi connectivity index (χ1) is 18.4. The van der Waals surface area contributed by atoms with E-state index in [1.807, 2.05) is 30.8 Å². The Morgan fingerprint density at radius 1 is 1.02 bits per heavy atom. The molecule has 12 heteroatoms. The van der Waals surface area contributed by atoms with Gasteiger partial charge < -0.3 is 20.1 Å². The number of ether oxygens (including phenoxy) is 1. The number of carbonyl (C=O) groups is 2. The maximum Gasteiger partial charge on any atom is 0.471 e. The summed E-state index contributed by atoms with van der Waals surface area (Å²) in [5.41, 5.74) is -1.41. The molecule has 222 valence electrons. The van der Waals surface area contributed by atoms with Crippen LogP contribution in [0.15, 0.2) is 18.3 Å². The lowest BCUT2D eigenvalue weighted by Gasteiger charge is -2.45. The molecule has 1 aliphatic heterocycles. The van der Waals surface area contributed by atoms with Crippen molar-refractivity contribution < 1.29 is 32.6 Å². The third-order valence-electron chi connectivity index (χ3n) is 7.67. The van der Waals surface area contributed by atoms with Crippen LogP contribution in [0.3, 0.4) is 0 Å². The van der Waals surface area contributed by atoms with E-state index < -0.39 is 23.3 Å². The first-order valence-corrected chi connectivity index (χ1v) is 13.8. The first kappa shape index (κ1) is 30.1. The van der Waals surface area contributed by atoms with Gasteiger partial charge in [-0.1, -0.05) is 0 Å². The monoisotopic (exact) mass is 567 g/mol. The van der Waals surface area contributed by atoms with Crippen molar-refractivity contribution in [1.29, 1.82) is 0 Å². The summed E-state index contributed by atoms with van der Waals surface area (Å²) in [4.78, 5) is 28.4. The molecule has 0 unspecified atom stereocenters. The SMILES string of the molecule is C[C@H]1CN(C(=O)OC(C)(C)C)CCN1C1CCC(n2cc3cc(NC(=O)C(F)(F)F)c(C(C)(C)O)cc3n2)CC1. The number of aromatic nitrogens is 2. The van der Waals surface area contributed by atoms with E-state index in [9.17, 15) is 27.9 Å². The highest BCUT2D eigenvalue weighted by Gasteiger charge is 2.40. The third-order valence-corrected chi connectivity index (χ3v) is 7.67. The molecule has 9 nitrogen and oxygen atoms in total. The van der Waals surface area contributed by atoms with Gasteiger partial charge in [0, 0.05) is 54.6 Å². The first-order valence-electron chi connectivity index (χ1n) is 13.8. The van der Waals surface area contributed by atoms with Gasteiger partial charge in [-0.3, -0.25) is 14.4 Å². The number of amides is 2. The minimum atomic E-state index is -5.05. The predicted molar refractivity (Wildman–Crippen MR) is 145 cm³/mol. The summed E-state index contributed by atoms with van der Waals surface area (Å²) >= 11 is 0. The highest BCUT2D eigenvalue weighted by atomic mass is 19.4. The second-order valence-corrected chi connectivity index (χ2v) is 12.6. The Morgan fingerprint density at radius 2 is 1.65 bits per heavy atom. The van der Waals surface area contributed by atoms with Crippen LogP contribution in [-0.4, -0.2) is 80.2 Å². The predicted octanol–water partition coefficient (Wildman–Crippen LogP) is 5.19. The summed E-state index contributed by atoms with van der Waals surface area (Å²) in [7, 11) is 0. The molecule has 0 spiro atoms. The van der Waals surface area contributed by atoms with Gasteiger partial charge in [0.15, 0.2) is 0 Å². The fourth-order valence-corrected chi connectivity index (χ4v) is 5.74. The lowest BCUT2D eigenvalue weighted by molar-refractivity contribution is -0.167. The van der Waals surface area contributed by atoms with E-state index in [-0.39, 0.29) is 29.4 Å².